The Bertz CT molecular complexity index is 990. The number of carbonyl (C=O) groups is 3. The average Bonchev–Trinajstić information content (AvgIpc) is 3.04. The third kappa shape index (κ3) is 3.80. The van der Waals surface area contributed by atoms with E-state index in [1.165, 1.54) is 0 Å². The van der Waals surface area contributed by atoms with Crippen LogP contribution in [0.5, 0.6) is 5.75 Å². The Balaban J connectivity index is 1.79. The highest BCUT2D eigenvalue weighted by atomic mass is 32.2. The number of thioether (sulfide) groups is 1. The Kier molecular flexibility index (Phi) is 5.19. The molecule has 0 aliphatic carbocycles. The Labute approximate surface area is 172 Å². The molecule has 4 rings (SSSR count). The fraction of sp³-hybridized carbons (Fsp3) is 0.286. The van der Waals surface area contributed by atoms with E-state index in [0.717, 1.165) is 28.5 Å². The summed E-state index contributed by atoms with van der Waals surface area (Å²) in [5.41, 5.74) is 10.0. The van der Waals surface area contributed by atoms with E-state index in [0.29, 0.717) is 36.4 Å². The number of fused-ring (bicyclic) bond motifs is 1. The summed E-state index contributed by atoms with van der Waals surface area (Å²) in [6.07, 6.45) is 1.48. The van der Waals surface area contributed by atoms with Crippen LogP contribution in [0.25, 0.3) is 0 Å². The molecule has 2 aliphatic rings. The van der Waals surface area contributed by atoms with E-state index in [2.05, 4.69) is 10.6 Å². The maximum Gasteiger partial charge on any atom is 0.286 e. The number of imide groups is 1. The molecule has 1 fully saturated rings. The maximum atomic E-state index is 12.5. The van der Waals surface area contributed by atoms with Gasteiger partial charge in [-0.25, -0.2) is 0 Å². The van der Waals surface area contributed by atoms with Crippen LogP contribution in [0.1, 0.15) is 29.0 Å². The molecule has 0 aromatic heterocycles. The third-order valence-electron chi connectivity index (χ3n) is 5.32. The summed E-state index contributed by atoms with van der Waals surface area (Å²) in [6, 6.07) is 11.2. The summed E-state index contributed by atoms with van der Waals surface area (Å²) >= 11 is 1.02. The Morgan fingerprint density at radius 1 is 1.10 bits per heavy atom. The quantitative estimate of drug-likeness (QED) is 0.653. The highest BCUT2D eigenvalue weighted by Gasteiger charge is 2.40. The number of hydrogen-bond acceptors (Lipinski definition) is 6. The van der Waals surface area contributed by atoms with Crippen molar-refractivity contribution in [3.8, 4) is 5.75 Å². The van der Waals surface area contributed by atoms with Gasteiger partial charge in [-0.1, -0.05) is 30.0 Å². The number of anilines is 2. The Hall–Kier alpha value is -3.00. The van der Waals surface area contributed by atoms with Gasteiger partial charge in [0.2, 0.25) is 11.8 Å². The van der Waals surface area contributed by atoms with Gasteiger partial charge in [-0.05, 0) is 47.7 Å². The number of nitrogen functional groups attached to an aromatic ring is 1. The van der Waals surface area contributed by atoms with Crippen LogP contribution < -0.4 is 21.1 Å². The number of nitrogens with two attached hydrogens (primary N) is 1. The summed E-state index contributed by atoms with van der Waals surface area (Å²) < 4.78 is 5.42. The number of nitrogens with one attached hydrogen (secondary N) is 2. The van der Waals surface area contributed by atoms with E-state index in [9.17, 15) is 14.4 Å². The molecule has 0 saturated carbocycles. The number of rotatable bonds is 5. The Morgan fingerprint density at radius 3 is 2.52 bits per heavy atom. The summed E-state index contributed by atoms with van der Waals surface area (Å²) in [4.78, 5) is 36.3. The molecule has 1 saturated heterocycles. The highest BCUT2D eigenvalue weighted by Crippen LogP contribution is 2.43. The van der Waals surface area contributed by atoms with Crippen LogP contribution in [0.3, 0.4) is 0 Å². The molecule has 0 radical (unpaired) electrons. The van der Waals surface area contributed by atoms with E-state index >= 15 is 0 Å². The van der Waals surface area contributed by atoms with Crippen molar-refractivity contribution in [2.45, 2.75) is 30.4 Å². The van der Waals surface area contributed by atoms with Crippen LogP contribution >= 0.6 is 11.8 Å². The van der Waals surface area contributed by atoms with E-state index < -0.39 is 5.25 Å². The predicted octanol–water partition coefficient (Wildman–Crippen LogP) is 2.84. The first-order valence-corrected chi connectivity index (χ1v) is 10.2. The molecule has 8 heteroatoms. The minimum absolute atomic E-state index is 0.0637. The number of ether oxygens (including phenoxy) is 1. The van der Waals surface area contributed by atoms with Crippen molar-refractivity contribution in [1.29, 1.82) is 0 Å². The van der Waals surface area contributed by atoms with Gasteiger partial charge in [0.05, 0.1) is 12.8 Å². The standard InChI is InChI=1S/C21H21N3O4S/c1-28-16-8-6-13(14-7-9-17(25)23-18(14)16)15(19-20(26)24-21(27)29-19)10-11-2-4-12(22)5-3-11/h2-6,8,15,19H,7,9-10,22H2,1H3,(H,23,25)(H,24,26,27). The van der Waals surface area contributed by atoms with Gasteiger partial charge in [-0.2, -0.15) is 0 Å². The van der Waals surface area contributed by atoms with Crippen molar-refractivity contribution in [3.63, 3.8) is 0 Å². The first kappa shape index (κ1) is 19.3. The zero-order valence-electron chi connectivity index (χ0n) is 15.9. The first-order valence-electron chi connectivity index (χ1n) is 9.31. The van der Waals surface area contributed by atoms with Gasteiger partial charge in [-0.15, -0.1) is 0 Å². The minimum Gasteiger partial charge on any atom is -0.495 e. The zero-order valence-corrected chi connectivity index (χ0v) is 16.7. The molecule has 2 unspecified atom stereocenters. The lowest BCUT2D eigenvalue weighted by Crippen LogP contribution is -2.31. The molecule has 150 valence electrons. The first-order chi connectivity index (χ1) is 14.0. The normalized spacial score (nSPS) is 19.3. The largest absolute Gasteiger partial charge is 0.495 e. The van der Waals surface area contributed by atoms with Gasteiger partial charge in [0.15, 0.2) is 0 Å². The molecule has 2 aliphatic heterocycles. The molecule has 4 N–H and O–H groups in total. The number of methoxy groups -OCH3 is 1. The molecule has 2 aromatic carbocycles. The third-order valence-corrected chi connectivity index (χ3v) is 6.43. The lowest BCUT2D eigenvalue weighted by molar-refractivity contribution is -0.119. The fourth-order valence-corrected chi connectivity index (χ4v) is 4.89. The van der Waals surface area contributed by atoms with Gasteiger partial charge in [0, 0.05) is 18.0 Å². The van der Waals surface area contributed by atoms with Crippen molar-refractivity contribution in [2.24, 2.45) is 0 Å². The smallest absolute Gasteiger partial charge is 0.286 e. The van der Waals surface area contributed by atoms with Gasteiger partial charge < -0.3 is 15.8 Å². The van der Waals surface area contributed by atoms with Crippen molar-refractivity contribution in [1.82, 2.24) is 5.32 Å². The number of hydrogen-bond donors (Lipinski definition) is 3. The van der Waals surface area contributed by atoms with E-state index in [1.807, 2.05) is 30.3 Å². The zero-order chi connectivity index (χ0) is 20.5. The second-order valence-corrected chi connectivity index (χ2v) is 8.24. The van der Waals surface area contributed by atoms with E-state index in [4.69, 9.17) is 10.5 Å². The van der Waals surface area contributed by atoms with Gasteiger partial charge in [0.25, 0.3) is 5.24 Å². The molecule has 0 spiro atoms. The molecule has 29 heavy (non-hydrogen) atoms. The number of benzene rings is 2. The van der Waals surface area contributed by atoms with Crippen molar-refractivity contribution in [2.75, 3.05) is 18.2 Å². The molecule has 0 bridgehead atoms. The second kappa shape index (κ2) is 7.79. The van der Waals surface area contributed by atoms with Crippen LogP contribution in [-0.2, 0) is 22.4 Å². The predicted molar refractivity (Wildman–Crippen MR) is 112 cm³/mol. The maximum absolute atomic E-state index is 12.5. The van der Waals surface area contributed by atoms with Crippen LogP contribution in [0.2, 0.25) is 0 Å². The Morgan fingerprint density at radius 2 is 1.86 bits per heavy atom. The topological polar surface area (TPSA) is 111 Å². The van der Waals surface area contributed by atoms with Crippen LogP contribution in [0, 0.1) is 0 Å². The highest BCUT2D eigenvalue weighted by molar-refractivity contribution is 8.15. The summed E-state index contributed by atoms with van der Waals surface area (Å²) in [6.45, 7) is 0. The lowest BCUT2D eigenvalue weighted by Gasteiger charge is -2.28. The monoisotopic (exact) mass is 411 g/mol. The second-order valence-electron chi connectivity index (χ2n) is 7.13. The van der Waals surface area contributed by atoms with Gasteiger partial charge >= 0.3 is 0 Å². The number of carbonyl (C=O) groups excluding carboxylic acids is 3. The van der Waals surface area contributed by atoms with Crippen LogP contribution in [0.15, 0.2) is 36.4 Å². The molecule has 2 atom stereocenters. The molecule has 2 heterocycles. The van der Waals surface area contributed by atoms with E-state index in [-0.39, 0.29) is 23.0 Å². The molecule has 3 amide bonds. The molecular formula is C21H21N3O4S. The fourth-order valence-electron chi connectivity index (χ4n) is 3.93. The molecule has 2 aromatic rings. The molecule has 7 nitrogen and oxygen atoms in total. The van der Waals surface area contributed by atoms with Crippen LogP contribution in [0.4, 0.5) is 16.2 Å². The summed E-state index contributed by atoms with van der Waals surface area (Å²) in [5.74, 6) is -0.0107. The van der Waals surface area contributed by atoms with Crippen molar-refractivity contribution in [3.05, 3.63) is 53.1 Å². The average molecular weight is 411 g/mol. The van der Waals surface area contributed by atoms with E-state index in [1.54, 1.807) is 13.2 Å². The minimum atomic E-state index is -0.546. The lowest BCUT2D eigenvalue weighted by atomic mass is 9.83. The van der Waals surface area contributed by atoms with Gasteiger partial charge in [0.1, 0.15) is 11.0 Å². The van der Waals surface area contributed by atoms with Gasteiger partial charge in [-0.3, -0.25) is 19.7 Å². The summed E-state index contributed by atoms with van der Waals surface area (Å²) in [5, 5.41) is 4.41. The number of amides is 3. The molecular weight excluding hydrogens is 390 g/mol. The summed E-state index contributed by atoms with van der Waals surface area (Å²) in [7, 11) is 1.56. The van der Waals surface area contributed by atoms with Crippen LogP contribution in [-0.4, -0.2) is 29.4 Å². The van der Waals surface area contributed by atoms with Crippen molar-refractivity contribution >= 4 is 40.2 Å². The SMILES string of the molecule is COc1ccc(C(Cc2ccc(N)cc2)C2SC(=O)NC2=O)c2c1NC(=O)CC2. The van der Waals surface area contributed by atoms with Crippen molar-refractivity contribution < 1.29 is 19.1 Å².